The number of carboxylic acid groups (broad SMARTS) is 1. The SMILES string of the molecule is CC(C)(CNC(=O)Nc1ccccc1C(F)(F)F)C(=O)O. The molecule has 3 N–H and O–H groups in total. The first-order chi connectivity index (χ1) is 9.54. The minimum Gasteiger partial charge on any atom is -0.481 e. The van der Waals surface area contributed by atoms with Gasteiger partial charge in [0.2, 0.25) is 0 Å². The zero-order valence-corrected chi connectivity index (χ0v) is 11.4. The molecule has 0 fully saturated rings. The van der Waals surface area contributed by atoms with Crippen LogP contribution in [0.4, 0.5) is 23.7 Å². The Labute approximate surface area is 119 Å². The molecule has 0 aromatic heterocycles. The van der Waals surface area contributed by atoms with Crippen molar-refractivity contribution in [2.24, 2.45) is 5.41 Å². The number of carboxylic acids is 1. The van der Waals surface area contributed by atoms with Crippen LogP contribution in [-0.4, -0.2) is 23.7 Å². The van der Waals surface area contributed by atoms with Gasteiger partial charge in [0.1, 0.15) is 0 Å². The molecule has 0 aliphatic carbocycles. The molecule has 1 rings (SSSR count). The summed E-state index contributed by atoms with van der Waals surface area (Å²) in [6, 6.07) is 3.62. The Morgan fingerprint density at radius 1 is 1.19 bits per heavy atom. The van der Waals surface area contributed by atoms with E-state index in [0.29, 0.717) is 0 Å². The van der Waals surface area contributed by atoms with E-state index in [4.69, 9.17) is 5.11 Å². The van der Waals surface area contributed by atoms with Gasteiger partial charge in [0.15, 0.2) is 0 Å². The highest BCUT2D eigenvalue weighted by molar-refractivity contribution is 5.90. The van der Waals surface area contributed by atoms with Crippen LogP contribution < -0.4 is 10.6 Å². The molecule has 0 heterocycles. The van der Waals surface area contributed by atoms with Gasteiger partial charge in [-0.3, -0.25) is 4.79 Å². The summed E-state index contributed by atoms with van der Waals surface area (Å²) in [6.45, 7) is 2.56. The quantitative estimate of drug-likeness (QED) is 0.800. The zero-order valence-electron chi connectivity index (χ0n) is 11.4. The van der Waals surface area contributed by atoms with Gasteiger partial charge in [0.05, 0.1) is 16.7 Å². The number of halogens is 3. The Balaban J connectivity index is 2.75. The van der Waals surface area contributed by atoms with Gasteiger partial charge in [-0.2, -0.15) is 13.2 Å². The molecule has 0 radical (unpaired) electrons. The number of amides is 2. The summed E-state index contributed by atoms with van der Waals surface area (Å²) in [7, 11) is 0. The molecule has 0 spiro atoms. The molecular weight excluding hydrogens is 289 g/mol. The van der Waals surface area contributed by atoms with Gasteiger partial charge in [-0.1, -0.05) is 12.1 Å². The fourth-order valence-corrected chi connectivity index (χ4v) is 1.38. The second-order valence-corrected chi connectivity index (χ2v) is 5.04. The highest BCUT2D eigenvalue weighted by Crippen LogP contribution is 2.34. The number of aliphatic carboxylic acids is 1. The van der Waals surface area contributed by atoms with Gasteiger partial charge in [-0.05, 0) is 26.0 Å². The van der Waals surface area contributed by atoms with Crippen LogP contribution in [0, 0.1) is 5.41 Å². The number of hydrogen-bond acceptors (Lipinski definition) is 2. The lowest BCUT2D eigenvalue weighted by Gasteiger charge is -2.20. The molecule has 1 aromatic rings. The fraction of sp³-hybridized carbons (Fsp3) is 0.385. The summed E-state index contributed by atoms with van der Waals surface area (Å²) < 4.78 is 38.2. The molecule has 0 saturated heterocycles. The van der Waals surface area contributed by atoms with Gasteiger partial charge in [0, 0.05) is 6.54 Å². The van der Waals surface area contributed by atoms with Crippen LogP contribution in [0.2, 0.25) is 0 Å². The van der Waals surface area contributed by atoms with Crippen molar-refractivity contribution in [2.75, 3.05) is 11.9 Å². The van der Waals surface area contributed by atoms with Crippen molar-refractivity contribution in [3.63, 3.8) is 0 Å². The highest BCUT2D eigenvalue weighted by atomic mass is 19.4. The van der Waals surface area contributed by atoms with Crippen molar-refractivity contribution >= 4 is 17.7 Å². The van der Waals surface area contributed by atoms with Crippen molar-refractivity contribution in [1.82, 2.24) is 5.32 Å². The second-order valence-electron chi connectivity index (χ2n) is 5.04. The lowest BCUT2D eigenvalue weighted by molar-refractivity contribution is -0.146. The third kappa shape index (κ3) is 4.66. The van der Waals surface area contributed by atoms with E-state index < -0.39 is 34.8 Å². The zero-order chi connectivity index (χ0) is 16.3. The number of alkyl halides is 3. The molecular formula is C13H15F3N2O3. The normalized spacial score (nSPS) is 11.9. The third-order valence-electron chi connectivity index (χ3n) is 2.75. The standard InChI is InChI=1S/C13H15F3N2O3/c1-12(2,10(19)20)7-17-11(21)18-9-6-4-3-5-8(9)13(14,15)16/h3-6H,7H2,1-2H3,(H,19,20)(H2,17,18,21). The number of carbonyl (C=O) groups is 2. The molecule has 1 aromatic carbocycles. The van der Waals surface area contributed by atoms with Crippen molar-refractivity contribution in [3.8, 4) is 0 Å². The van der Waals surface area contributed by atoms with Crippen molar-refractivity contribution in [3.05, 3.63) is 29.8 Å². The molecule has 116 valence electrons. The van der Waals surface area contributed by atoms with Crippen LogP contribution in [0.25, 0.3) is 0 Å². The number of carbonyl (C=O) groups excluding carboxylic acids is 1. The van der Waals surface area contributed by atoms with Crippen LogP contribution in [0.15, 0.2) is 24.3 Å². The Kier molecular flexibility index (Phi) is 4.82. The minimum absolute atomic E-state index is 0.220. The minimum atomic E-state index is -4.59. The smallest absolute Gasteiger partial charge is 0.418 e. The van der Waals surface area contributed by atoms with E-state index in [2.05, 4.69) is 10.6 Å². The maximum Gasteiger partial charge on any atom is 0.418 e. The molecule has 2 amide bonds. The average molecular weight is 304 g/mol. The molecule has 21 heavy (non-hydrogen) atoms. The lowest BCUT2D eigenvalue weighted by Crippen LogP contribution is -2.40. The van der Waals surface area contributed by atoms with Gasteiger partial charge < -0.3 is 15.7 Å². The van der Waals surface area contributed by atoms with Gasteiger partial charge in [-0.25, -0.2) is 4.79 Å². The molecule has 0 aliphatic heterocycles. The molecule has 0 atom stereocenters. The van der Waals surface area contributed by atoms with Crippen molar-refractivity contribution in [1.29, 1.82) is 0 Å². The molecule has 8 heteroatoms. The number of rotatable bonds is 4. The summed E-state index contributed by atoms with van der Waals surface area (Å²) in [6.07, 6.45) is -4.59. The molecule has 0 saturated carbocycles. The van der Waals surface area contributed by atoms with E-state index in [9.17, 15) is 22.8 Å². The summed E-state index contributed by atoms with van der Waals surface area (Å²) in [5, 5.41) is 13.2. The fourth-order valence-electron chi connectivity index (χ4n) is 1.38. The average Bonchev–Trinajstić information content (AvgIpc) is 2.35. The predicted molar refractivity (Wildman–Crippen MR) is 69.9 cm³/mol. The predicted octanol–water partition coefficient (Wildman–Crippen LogP) is 2.94. The van der Waals surface area contributed by atoms with Crippen LogP contribution in [0.3, 0.4) is 0 Å². The maximum atomic E-state index is 12.7. The number of nitrogens with one attached hydrogen (secondary N) is 2. The Morgan fingerprint density at radius 2 is 1.76 bits per heavy atom. The molecule has 0 aliphatic rings. The van der Waals surface area contributed by atoms with Crippen LogP contribution in [0.1, 0.15) is 19.4 Å². The lowest BCUT2D eigenvalue weighted by atomic mass is 9.94. The van der Waals surface area contributed by atoms with Crippen molar-refractivity contribution in [2.45, 2.75) is 20.0 Å². The number of hydrogen-bond donors (Lipinski definition) is 3. The van der Waals surface area contributed by atoms with E-state index >= 15 is 0 Å². The van der Waals surface area contributed by atoms with E-state index in [1.807, 2.05) is 0 Å². The molecule has 5 nitrogen and oxygen atoms in total. The monoisotopic (exact) mass is 304 g/mol. The summed E-state index contributed by atoms with van der Waals surface area (Å²) >= 11 is 0. The van der Waals surface area contributed by atoms with Gasteiger partial charge in [-0.15, -0.1) is 0 Å². The van der Waals surface area contributed by atoms with E-state index in [0.717, 1.165) is 12.1 Å². The topological polar surface area (TPSA) is 78.4 Å². The number of para-hydroxylation sites is 1. The van der Waals surface area contributed by atoms with Gasteiger partial charge >= 0.3 is 18.2 Å². The first-order valence-corrected chi connectivity index (χ1v) is 5.98. The summed E-state index contributed by atoms with van der Waals surface area (Å²) in [4.78, 5) is 22.4. The largest absolute Gasteiger partial charge is 0.481 e. The third-order valence-corrected chi connectivity index (χ3v) is 2.75. The summed E-state index contributed by atoms with van der Waals surface area (Å²) in [5.74, 6) is -1.13. The van der Waals surface area contributed by atoms with E-state index in [-0.39, 0.29) is 6.54 Å². The maximum absolute atomic E-state index is 12.7. The van der Waals surface area contributed by atoms with Crippen LogP contribution >= 0.6 is 0 Å². The number of anilines is 1. The first kappa shape index (κ1) is 16.8. The van der Waals surface area contributed by atoms with Crippen LogP contribution in [0.5, 0.6) is 0 Å². The second kappa shape index (κ2) is 6.02. The Morgan fingerprint density at radius 3 is 2.29 bits per heavy atom. The van der Waals surface area contributed by atoms with Crippen LogP contribution in [-0.2, 0) is 11.0 Å². The first-order valence-electron chi connectivity index (χ1n) is 5.98. The Hall–Kier alpha value is -2.25. The highest BCUT2D eigenvalue weighted by Gasteiger charge is 2.34. The van der Waals surface area contributed by atoms with E-state index in [1.165, 1.54) is 26.0 Å². The number of benzene rings is 1. The van der Waals surface area contributed by atoms with Gasteiger partial charge in [0.25, 0.3) is 0 Å². The molecule has 0 unspecified atom stereocenters. The number of urea groups is 1. The summed E-state index contributed by atoms with van der Waals surface area (Å²) in [5.41, 5.74) is -2.59. The Bertz CT molecular complexity index is 542. The van der Waals surface area contributed by atoms with Crippen molar-refractivity contribution < 1.29 is 27.9 Å². The molecule has 0 bridgehead atoms. The van der Waals surface area contributed by atoms with E-state index in [1.54, 1.807) is 0 Å².